The maximum Gasteiger partial charge on any atom is 1.00 e. The Kier molecular flexibility index (Phi) is 13400. The molecule has 0 rings (SSSR count). The zero-order valence-electron chi connectivity index (χ0n) is 3.45. The van der Waals surface area contributed by atoms with Gasteiger partial charge in [-0.1, -0.05) is 0 Å². The molecule has 0 aromatic rings. The summed E-state index contributed by atoms with van der Waals surface area (Å²) >= 11 is 0. The molecule has 0 unspecified atom stereocenters. The fourth-order valence-corrected chi connectivity index (χ4v) is 0. The van der Waals surface area contributed by atoms with Crippen molar-refractivity contribution in [2.24, 2.45) is 0 Å². The molecule has 0 fully saturated rings. The molecular formula is H13NaO5Si. The van der Waals surface area contributed by atoms with Crippen LogP contribution in [0.3, 0.4) is 0 Å². The topological polar surface area (TPSA) is 156 Å². The molecule has 7 heavy (non-hydrogen) atoms. The molecule has 0 atom stereocenters. The molecule has 0 heterocycles. The molecule has 7 heteroatoms. The van der Waals surface area contributed by atoms with Crippen LogP contribution in [0, 0.1) is 0 Å². The molecule has 9 N–H and O–H groups in total. The minimum Gasteiger partial charge on any atom is -0.870 e. The Morgan fingerprint density at radius 3 is 0.571 bits per heavy atom. The van der Waals surface area contributed by atoms with Crippen LogP contribution in [-0.2, 0) is 0 Å². The molecule has 48 valence electrons. The molecular weight excluding hydrogens is 131 g/mol. The molecule has 0 radical (unpaired) electrons. The Morgan fingerprint density at radius 2 is 0.571 bits per heavy atom. The summed E-state index contributed by atoms with van der Waals surface area (Å²) in [6, 6.07) is 0. The molecule has 0 amide bonds. The third-order valence-corrected chi connectivity index (χ3v) is 0. The van der Waals surface area contributed by atoms with Gasteiger partial charge in [0.2, 0.25) is 0 Å². The van der Waals surface area contributed by atoms with Crippen molar-refractivity contribution in [1.82, 2.24) is 0 Å². The molecule has 0 aromatic carbocycles. The summed E-state index contributed by atoms with van der Waals surface area (Å²) < 4.78 is 0. The van der Waals surface area contributed by atoms with Crippen LogP contribution in [0.1, 0.15) is 0 Å². The zero-order valence-corrected chi connectivity index (χ0v) is 5.45. The van der Waals surface area contributed by atoms with E-state index in [0.717, 1.165) is 0 Å². The molecule has 0 aliphatic carbocycles. The van der Waals surface area contributed by atoms with Gasteiger partial charge in [0.1, 0.15) is 0 Å². The maximum atomic E-state index is 0. The first-order valence-electron chi connectivity index (χ1n) is 0. The van der Waals surface area contributed by atoms with Gasteiger partial charge in [0.05, 0.1) is 0 Å². The second-order valence-corrected chi connectivity index (χ2v) is 0. The van der Waals surface area contributed by atoms with Crippen molar-refractivity contribution in [3.05, 3.63) is 0 Å². The predicted octanol–water partition coefficient (Wildman–Crippen LogP) is -7.92. The third-order valence-electron chi connectivity index (χ3n) is 0. The van der Waals surface area contributed by atoms with E-state index in [4.69, 9.17) is 0 Å². The van der Waals surface area contributed by atoms with E-state index in [0.29, 0.717) is 0 Å². The first-order valence-corrected chi connectivity index (χ1v) is 0. The van der Waals surface area contributed by atoms with E-state index in [2.05, 4.69) is 0 Å². The summed E-state index contributed by atoms with van der Waals surface area (Å²) in [6.45, 7) is 0. The first-order chi connectivity index (χ1) is 0. The van der Waals surface area contributed by atoms with E-state index in [1.54, 1.807) is 0 Å². The minimum atomic E-state index is 0. The minimum absolute atomic E-state index is 0. The third kappa shape index (κ3) is 171. The summed E-state index contributed by atoms with van der Waals surface area (Å²) in [5, 5.41) is 0. The quantitative estimate of drug-likeness (QED) is 0.304. The van der Waals surface area contributed by atoms with Gasteiger partial charge in [-0.05, 0) is 11.0 Å². The summed E-state index contributed by atoms with van der Waals surface area (Å²) in [5.74, 6) is 0. The number of hydrogen-bond acceptors (Lipinski definition) is 1. The molecule has 0 aromatic heterocycles. The van der Waals surface area contributed by atoms with Gasteiger partial charge in [0.25, 0.3) is 0 Å². The fraction of sp³-hybridized carbons (Fsp3) is 0. The van der Waals surface area contributed by atoms with Crippen LogP contribution >= 0.6 is 0 Å². The Hall–Kier alpha value is 1.02. The van der Waals surface area contributed by atoms with Crippen molar-refractivity contribution in [3.8, 4) is 0 Å². The summed E-state index contributed by atoms with van der Waals surface area (Å²) in [5.41, 5.74) is 0. The van der Waals surface area contributed by atoms with Gasteiger partial charge < -0.3 is 27.4 Å². The van der Waals surface area contributed by atoms with Crippen LogP contribution in [0.4, 0.5) is 0 Å². The van der Waals surface area contributed by atoms with Crippen LogP contribution in [-0.4, -0.2) is 38.3 Å². The summed E-state index contributed by atoms with van der Waals surface area (Å²) in [4.78, 5) is 0. The van der Waals surface area contributed by atoms with E-state index >= 15 is 0 Å². The monoisotopic (exact) mass is 144 g/mol. The van der Waals surface area contributed by atoms with Gasteiger partial charge in [0.15, 0.2) is 0 Å². The van der Waals surface area contributed by atoms with Gasteiger partial charge in [-0.3, -0.25) is 0 Å². The van der Waals surface area contributed by atoms with Crippen LogP contribution in [0.25, 0.3) is 0 Å². The predicted molar refractivity (Wildman–Crippen MR) is 27.7 cm³/mol. The standard InChI is InChI=1S/Na.5H2O.H4Si/h;5*1H2;1H4/q+1;;;;;;/p-1. The normalized spacial score (nSPS) is 0. The van der Waals surface area contributed by atoms with Crippen LogP contribution in [0.15, 0.2) is 0 Å². The molecule has 0 aliphatic rings. The zero-order chi connectivity index (χ0) is 0. The van der Waals surface area contributed by atoms with Gasteiger partial charge in [0, 0.05) is 0 Å². The van der Waals surface area contributed by atoms with Crippen molar-refractivity contribution in [3.63, 3.8) is 0 Å². The molecule has 5 nitrogen and oxygen atoms in total. The largest absolute Gasteiger partial charge is 1.00 e. The maximum absolute atomic E-state index is 0. The SMILES string of the molecule is O.O.O.O.[Na+].[OH-].[SiH4]. The Morgan fingerprint density at radius 1 is 0.571 bits per heavy atom. The first kappa shape index (κ1) is 382. The summed E-state index contributed by atoms with van der Waals surface area (Å²) in [7, 11) is 0. The second kappa shape index (κ2) is 246. The Labute approximate surface area is 68.0 Å². The van der Waals surface area contributed by atoms with Crippen LogP contribution < -0.4 is 29.6 Å². The van der Waals surface area contributed by atoms with Crippen molar-refractivity contribution in [2.45, 2.75) is 0 Å². The van der Waals surface area contributed by atoms with E-state index in [9.17, 15) is 0 Å². The van der Waals surface area contributed by atoms with Gasteiger partial charge in [-0.15, -0.1) is 0 Å². The molecule has 0 saturated carbocycles. The van der Waals surface area contributed by atoms with Crippen LogP contribution in [0.5, 0.6) is 0 Å². The van der Waals surface area contributed by atoms with Crippen molar-refractivity contribution < 1.29 is 56.9 Å². The van der Waals surface area contributed by atoms with Crippen molar-refractivity contribution in [1.29, 1.82) is 0 Å². The summed E-state index contributed by atoms with van der Waals surface area (Å²) in [6.07, 6.45) is 0. The Balaban J connectivity index is 0. The van der Waals surface area contributed by atoms with Crippen LogP contribution in [0.2, 0.25) is 0 Å². The molecule has 0 saturated heterocycles. The van der Waals surface area contributed by atoms with E-state index in [-0.39, 0.29) is 67.9 Å². The average Bonchev–Trinajstić information content (AvgIpc) is 0. The van der Waals surface area contributed by atoms with E-state index in [1.807, 2.05) is 0 Å². The van der Waals surface area contributed by atoms with Gasteiger partial charge in [-0.2, -0.15) is 0 Å². The second-order valence-electron chi connectivity index (χ2n) is 0. The van der Waals surface area contributed by atoms with Crippen molar-refractivity contribution >= 4 is 11.0 Å². The molecule has 0 aliphatic heterocycles. The van der Waals surface area contributed by atoms with Gasteiger partial charge in [-0.25, -0.2) is 0 Å². The number of rotatable bonds is 0. The van der Waals surface area contributed by atoms with Crippen molar-refractivity contribution in [2.75, 3.05) is 0 Å². The Bertz CT molecular complexity index is 8.04. The molecule has 0 bridgehead atoms. The smallest absolute Gasteiger partial charge is 0.870 e. The van der Waals surface area contributed by atoms with E-state index < -0.39 is 0 Å². The van der Waals surface area contributed by atoms with E-state index in [1.165, 1.54) is 0 Å². The average molecular weight is 144 g/mol. The van der Waals surface area contributed by atoms with Gasteiger partial charge >= 0.3 is 29.6 Å². The fourth-order valence-electron chi connectivity index (χ4n) is 0. The molecule has 0 spiro atoms. The number of hydrogen-bond donors (Lipinski definition) is 0.